The first kappa shape index (κ1) is 24.7. The zero-order chi connectivity index (χ0) is 8.48. The third kappa shape index (κ3) is 6.06. The maximum absolute atomic E-state index is 9.37. The minimum absolute atomic E-state index is 0. The Bertz CT molecular complexity index is 132. The van der Waals surface area contributed by atoms with E-state index in [1.165, 1.54) is 30.7 Å². The molecule has 0 aliphatic heterocycles. The number of hydrogen-bond acceptors (Lipinski definition) is 2. The van der Waals surface area contributed by atoms with Crippen LogP contribution in [0.25, 0.3) is 0 Å². The molecule has 1 saturated carbocycles. The zero-order valence-electron chi connectivity index (χ0n) is 11.3. The van der Waals surface area contributed by atoms with Gasteiger partial charge < -0.3 is 27.5 Å². The molecule has 1 aliphatic rings. The number of hydroxylamine groups is 2. The molecule has 1 aliphatic carbocycles. The van der Waals surface area contributed by atoms with Crippen LogP contribution in [0.5, 0.6) is 0 Å². The van der Waals surface area contributed by atoms with Gasteiger partial charge in [0.2, 0.25) is 0 Å². The molecule has 0 heterocycles. The van der Waals surface area contributed by atoms with Crippen LogP contribution in [0.15, 0.2) is 0 Å². The smallest absolute Gasteiger partial charge is 0.358 e. The van der Waals surface area contributed by atoms with Gasteiger partial charge in [0.25, 0.3) is 0 Å². The number of rotatable bonds is 2. The van der Waals surface area contributed by atoms with Crippen LogP contribution in [0.1, 0.15) is 39.5 Å². The SMILES string of the molecule is CN(O)C(C)(C)C1CCCC1.[CH3-].[CH3-].[CH3-].[Ti+4]. The predicted octanol–water partition coefficient (Wildman–Crippen LogP) is 3.62. The second-order valence-corrected chi connectivity index (χ2v) is 4.16. The van der Waals surface area contributed by atoms with Crippen LogP contribution in [0, 0.1) is 28.2 Å². The standard InChI is InChI=1S/C9H19NO.3CH3.Ti/c1-9(2,10(3)11)8-6-4-5-7-8;;;;/h8,11H,4-7H2,1-3H3;3*1H3;/q;3*-1;+4. The van der Waals surface area contributed by atoms with Crippen LogP contribution in [0.2, 0.25) is 0 Å². The third-order valence-electron chi connectivity index (χ3n) is 3.19. The summed E-state index contributed by atoms with van der Waals surface area (Å²) in [5, 5.41) is 10.7. The summed E-state index contributed by atoms with van der Waals surface area (Å²) in [7, 11) is 1.75. The van der Waals surface area contributed by atoms with Gasteiger partial charge in [-0.2, -0.15) is 5.06 Å². The van der Waals surface area contributed by atoms with E-state index in [4.69, 9.17) is 0 Å². The van der Waals surface area contributed by atoms with Crippen molar-refractivity contribution >= 4 is 0 Å². The number of nitrogens with zero attached hydrogens (tertiary/aromatic N) is 1. The van der Waals surface area contributed by atoms with Crippen molar-refractivity contribution in [1.29, 1.82) is 0 Å². The second-order valence-electron chi connectivity index (χ2n) is 4.16. The van der Waals surface area contributed by atoms with Crippen molar-refractivity contribution in [3.05, 3.63) is 22.3 Å². The van der Waals surface area contributed by atoms with Gasteiger partial charge >= 0.3 is 21.7 Å². The Hall–Kier alpha value is 0.634. The molecule has 0 bridgehead atoms. The first-order valence-electron chi connectivity index (χ1n) is 4.48. The van der Waals surface area contributed by atoms with Gasteiger partial charge in [0.05, 0.1) is 0 Å². The summed E-state index contributed by atoms with van der Waals surface area (Å²) in [5.41, 5.74) is -0.0312. The van der Waals surface area contributed by atoms with Gasteiger partial charge in [-0.25, -0.2) is 0 Å². The molecule has 0 saturated heterocycles. The second kappa shape index (κ2) is 9.83. The van der Waals surface area contributed by atoms with E-state index in [1.807, 2.05) is 0 Å². The maximum atomic E-state index is 9.37. The van der Waals surface area contributed by atoms with Crippen molar-refractivity contribution in [3.63, 3.8) is 0 Å². The molecule has 1 fully saturated rings. The van der Waals surface area contributed by atoms with Gasteiger partial charge in [-0.05, 0) is 32.6 Å². The fourth-order valence-corrected chi connectivity index (χ4v) is 1.90. The van der Waals surface area contributed by atoms with Crippen LogP contribution >= 0.6 is 0 Å². The van der Waals surface area contributed by atoms with E-state index < -0.39 is 0 Å². The van der Waals surface area contributed by atoms with Gasteiger partial charge in [0, 0.05) is 12.6 Å². The Morgan fingerprint density at radius 2 is 1.40 bits per heavy atom. The van der Waals surface area contributed by atoms with Crippen molar-refractivity contribution in [2.45, 2.75) is 45.1 Å². The minimum Gasteiger partial charge on any atom is -0.358 e. The van der Waals surface area contributed by atoms with E-state index in [2.05, 4.69) is 13.8 Å². The quantitative estimate of drug-likeness (QED) is 0.459. The predicted molar refractivity (Wildman–Crippen MR) is 64.8 cm³/mol. The summed E-state index contributed by atoms with van der Waals surface area (Å²) in [5.74, 6) is 0.678. The molecule has 0 atom stereocenters. The monoisotopic (exact) mass is 250 g/mol. The molecule has 0 aromatic heterocycles. The van der Waals surface area contributed by atoms with E-state index in [0.29, 0.717) is 5.92 Å². The zero-order valence-corrected chi connectivity index (χ0v) is 12.9. The van der Waals surface area contributed by atoms with Crippen molar-refractivity contribution in [2.24, 2.45) is 5.92 Å². The van der Waals surface area contributed by atoms with Gasteiger partial charge in [0.1, 0.15) is 0 Å². The fraction of sp³-hybridized carbons (Fsp3) is 0.750. The van der Waals surface area contributed by atoms with E-state index in [1.54, 1.807) is 7.05 Å². The molecule has 0 aromatic carbocycles. The van der Waals surface area contributed by atoms with E-state index >= 15 is 0 Å². The maximum Gasteiger partial charge on any atom is 4.00 e. The average molecular weight is 250 g/mol. The molecule has 0 radical (unpaired) electrons. The molecule has 2 nitrogen and oxygen atoms in total. The van der Waals surface area contributed by atoms with Crippen LogP contribution in [-0.4, -0.2) is 22.9 Å². The van der Waals surface area contributed by atoms with Crippen molar-refractivity contribution in [1.82, 2.24) is 5.06 Å². The van der Waals surface area contributed by atoms with Crippen molar-refractivity contribution in [2.75, 3.05) is 7.05 Å². The topological polar surface area (TPSA) is 23.5 Å². The molecular weight excluding hydrogens is 222 g/mol. The van der Waals surface area contributed by atoms with Crippen LogP contribution in [-0.2, 0) is 21.7 Å². The summed E-state index contributed by atoms with van der Waals surface area (Å²) in [6.07, 6.45) is 5.22. The van der Waals surface area contributed by atoms with Gasteiger partial charge in [-0.15, -0.1) is 0 Å². The van der Waals surface area contributed by atoms with Gasteiger partial charge in [-0.1, -0.05) is 12.8 Å². The Morgan fingerprint density at radius 3 is 1.67 bits per heavy atom. The Kier molecular flexibility index (Phi) is 16.2. The molecule has 0 aromatic rings. The Balaban J connectivity index is -0.000000151. The largest absolute Gasteiger partial charge is 4.00 e. The summed E-state index contributed by atoms with van der Waals surface area (Å²) in [6.45, 7) is 4.23. The van der Waals surface area contributed by atoms with Crippen molar-refractivity contribution in [3.8, 4) is 0 Å². The first-order chi connectivity index (χ1) is 5.05. The summed E-state index contributed by atoms with van der Waals surface area (Å²) in [6, 6.07) is 0. The number of hydrogen-bond donors (Lipinski definition) is 1. The van der Waals surface area contributed by atoms with Gasteiger partial charge in [0.15, 0.2) is 0 Å². The summed E-state index contributed by atoms with van der Waals surface area (Å²) >= 11 is 0. The molecule has 1 rings (SSSR count). The molecule has 1 N–H and O–H groups in total. The molecule has 0 spiro atoms. The van der Waals surface area contributed by atoms with E-state index in [9.17, 15) is 5.21 Å². The normalized spacial score (nSPS) is 15.8. The molecule has 3 heteroatoms. The summed E-state index contributed by atoms with van der Waals surface area (Å²) in [4.78, 5) is 0. The van der Waals surface area contributed by atoms with Gasteiger partial charge in [-0.3, -0.25) is 0 Å². The van der Waals surface area contributed by atoms with Crippen LogP contribution in [0.4, 0.5) is 0 Å². The van der Waals surface area contributed by atoms with E-state index in [0.717, 1.165) is 0 Å². The van der Waals surface area contributed by atoms with Crippen LogP contribution < -0.4 is 0 Å². The Morgan fingerprint density at radius 1 is 1.07 bits per heavy atom. The molecule has 90 valence electrons. The fourth-order valence-electron chi connectivity index (χ4n) is 1.90. The molecular formula is C12H28NOTi+. The molecule has 15 heavy (non-hydrogen) atoms. The summed E-state index contributed by atoms with van der Waals surface area (Å²) < 4.78 is 0. The third-order valence-corrected chi connectivity index (χ3v) is 3.19. The Labute approximate surface area is 112 Å². The van der Waals surface area contributed by atoms with Crippen LogP contribution in [0.3, 0.4) is 0 Å². The average Bonchev–Trinajstić information content (AvgIpc) is 2.37. The van der Waals surface area contributed by atoms with Crippen molar-refractivity contribution < 1.29 is 26.9 Å². The first-order valence-corrected chi connectivity index (χ1v) is 4.48. The van der Waals surface area contributed by atoms with E-state index in [-0.39, 0.29) is 49.5 Å². The molecule has 0 amide bonds. The minimum atomic E-state index is -0.0312. The molecule has 0 unspecified atom stereocenters.